The Morgan fingerprint density at radius 3 is 2.54 bits per heavy atom. The number of benzene rings is 1. The van der Waals surface area contributed by atoms with Gasteiger partial charge in [-0.3, -0.25) is 4.79 Å². The summed E-state index contributed by atoms with van der Waals surface area (Å²) in [7, 11) is 0. The molecule has 0 aliphatic heterocycles. The Kier molecular flexibility index (Phi) is 9.01. The molecule has 0 heterocycles. The molecule has 0 radical (unpaired) electrons. The van der Waals surface area contributed by atoms with Crippen LogP contribution in [-0.2, 0) is 16.0 Å². The Balaban J connectivity index is 2.06. The van der Waals surface area contributed by atoms with Crippen LogP contribution in [0.5, 0.6) is 0 Å². The van der Waals surface area contributed by atoms with Gasteiger partial charge in [0, 0.05) is 13.3 Å². The quantitative estimate of drug-likeness (QED) is 0.346. The molecule has 1 aromatic rings. The maximum atomic E-state index is 12.4. The van der Waals surface area contributed by atoms with Gasteiger partial charge < -0.3 is 9.84 Å². The third-order valence-electron chi connectivity index (χ3n) is 8.40. The molecule has 3 aliphatic rings. The van der Waals surface area contributed by atoms with Crippen molar-refractivity contribution in [3.63, 3.8) is 0 Å². The second-order valence-electron chi connectivity index (χ2n) is 11.5. The zero-order chi connectivity index (χ0) is 25.8. The van der Waals surface area contributed by atoms with Gasteiger partial charge >= 0.3 is 11.9 Å². The van der Waals surface area contributed by atoms with E-state index < -0.39 is 5.97 Å². The Bertz CT molecular complexity index is 972. The van der Waals surface area contributed by atoms with E-state index in [1.54, 1.807) is 0 Å². The molecule has 4 heteroatoms. The third-order valence-corrected chi connectivity index (χ3v) is 8.40. The summed E-state index contributed by atoms with van der Waals surface area (Å²) in [6.45, 7) is 12.8. The molecule has 0 saturated heterocycles. The number of aromatic carboxylic acids is 1. The average Bonchev–Trinajstić information content (AvgIpc) is 3.11. The van der Waals surface area contributed by atoms with Crippen LogP contribution in [0.25, 0.3) is 0 Å². The maximum Gasteiger partial charge on any atom is 0.335 e. The molecule has 4 rings (SSSR count). The number of carbonyl (C=O) groups is 2. The lowest BCUT2D eigenvalue weighted by Gasteiger charge is -2.40. The summed E-state index contributed by atoms with van der Waals surface area (Å²) >= 11 is 0. The molecule has 1 saturated carbocycles. The first kappa shape index (κ1) is 27.2. The maximum absolute atomic E-state index is 12.4. The van der Waals surface area contributed by atoms with Crippen LogP contribution >= 0.6 is 0 Å². The minimum absolute atomic E-state index is 0.0215. The molecule has 0 spiro atoms. The van der Waals surface area contributed by atoms with Crippen LogP contribution in [0.3, 0.4) is 0 Å². The van der Waals surface area contributed by atoms with E-state index in [0.717, 1.165) is 49.7 Å². The average molecular weight is 481 g/mol. The van der Waals surface area contributed by atoms with Crippen LogP contribution < -0.4 is 0 Å². The first-order chi connectivity index (χ1) is 16.5. The zero-order valence-electron chi connectivity index (χ0n) is 22.5. The van der Waals surface area contributed by atoms with Crippen LogP contribution in [0.15, 0.2) is 42.0 Å². The molecule has 1 N–H and O–H groups in total. The van der Waals surface area contributed by atoms with Gasteiger partial charge in [-0.1, -0.05) is 63.6 Å². The second kappa shape index (κ2) is 11.6. The largest absolute Gasteiger partial charge is 0.478 e. The predicted molar refractivity (Wildman–Crippen MR) is 142 cm³/mol. The van der Waals surface area contributed by atoms with Gasteiger partial charge in [0.25, 0.3) is 0 Å². The predicted octanol–water partition coefficient (Wildman–Crippen LogP) is 7.73. The molecule has 35 heavy (non-hydrogen) atoms. The normalized spacial score (nSPS) is 28.4. The Hall–Kier alpha value is -2.36. The van der Waals surface area contributed by atoms with Gasteiger partial charge in [-0.25, -0.2) is 4.79 Å². The Morgan fingerprint density at radius 1 is 1.14 bits per heavy atom. The molecule has 1 unspecified atom stereocenters. The van der Waals surface area contributed by atoms with Crippen molar-refractivity contribution in [1.82, 2.24) is 0 Å². The standard InChI is InChI=1S/C31H44O4/c1-20(2)9-11-22(4)28-15-16-29-26-14-12-24(19-27(26)30(33)34)18-25(35-23(5)32)13-10-21(3)8-7-17-31(28,29)6/h8-9,11-12,14,19-20,22,25,28-29H,7,10,13,15-18H2,1-6H3,(H,33,34)/b11-9+,21-8?/t22-,25-,28+,29?,31+/m0/s1. The number of allylic oxidation sites excluding steroid dienone is 4. The number of rotatable bonds is 5. The highest BCUT2D eigenvalue weighted by atomic mass is 16.5. The summed E-state index contributed by atoms with van der Waals surface area (Å²) in [6, 6.07) is 5.94. The van der Waals surface area contributed by atoms with Crippen molar-refractivity contribution in [3.05, 3.63) is 58.7 Å². The van der Waals surface area contributed by atoms with Crippen molar-refractivity contribution in [1.29, 1.82) is 0 Å². The Labute approximate surface area is 211 Å². The van der Waals surface area contributed by atoms with E-state index in [2.05, 4.69) is 65.0 Å². The van der Waals surface area contributed by atoms with Crippen LogP contribution in [-0.4, -0.2) is 23.1 Å². The van der Waals surface area contributed by atoms with E-state index in [1.165, 1.54) is 12.5 Å². The topological polar surface area (TPSA) is 63.6 Å². The highest BCUT2D eigenvalue weighted by Crippen LogP contribution is 2.58. The van der Waals surface area contributed by atoms with Crippen molar-refractivity contribution in [2.75, 3.05) is 0 Å². The van der Waals surface area contributed by atoms with Crippen LogP contribution in [0.4, 0.5) is 0 Å². The van der Waals surface area contributed by atoms with Crippen molar-refractivity contribution >= 4 is 11.9 Å². The summed E-state index contributed by atoms with van der Waals surface area (Å²) < 4.78 is 5.60. The molecule has 5 atom stereocenters. The lowest BCUT2D eigenvalue weighted by atomic mass is 9.64. The number of fused-ring (bicyclic) bond motifs is 8. The van der Waals surface area contributed by atoms with Crippen LogP contribution in [0.1, 0.15) is 107 Å². The van der Waals surface area contributed by atoms with E-state index in [4.69, 9.17) is 4.74 Å². The van der Waals surface area contributed by atoms with E-state index in [9.17, 15) is 14.7 Å². The van der Waals surface area contributed by atoms with Gasteiger partial charge in [0.15, 0.2) is 0 Å². The van der Waals surface area contributed by atoms with Gasteiger partial charge in [0.05, 0.1) is 5.56 Å². The first-order valence-corrected chi connectivity index (χ1v) is 13.4. The number of carbonyl (C=O) groups excluding carboxylic acids is 1. The number of hydrogen-bond acceptors (Lipinski definition) is 3. The van der Waals surface area contributed by atoms with E-state index in [1.807, 2.05) is 6.07 Å². The van der Waals surface area contributed by atoms with Gasteiger partial charge in [0.2, 0.25) is 0 Å². The lowest BCUT2D eigenvalue weighted by Crippen LogP contribution is -2.32. The van der Waals surface area contributed by atoms with Gasteiger partial charge in [0.1, 0.15) is 6.10 Å². The summed E-state index contributed by atoms with van der Waals surface area (Å²) in [5.74, 6) is 0.545. The molecular weight excluding hydrogens is 436 g/mol. The minimum atomic E-state index is -0.868. The van der Waals surface area contributed by atoms with E-state index in [-0.39, 0.29) is 23.4 Å². The van der Waals surface area contributed by atoms with Crippen LogP contribution in [0, 0.1) is 23.2 Å². The van der Waals surface area contributed by atoms with Gasteiger partial charge in [-0.2, -0.15) is 0 Å². The third kappa shape index (κ3) is 6.65. The molecule has 3 aliphatic carbocycles. The van der Waals surface area contributed by atoms with Crippen LogP contribution in [0.2, 0.25) is 0 Å². The number of hydrogen-bond donors (Lipinski definition) is 1. The smallest absolute Gasteiger partial charge is 0.335 e. The Morgan fingerprint density at radius 2 is 1.89 bits per heavy atom. The number of esters is 1. The van der Waals surface area contributed by atoms with E-state index in [0.29, 0.717) is 29.7 Å². The molecule has 1 aromatic carbocycles. The van der Waals surface area contributed by atoms with Gasteiger partial charge in [-0.05, 0) is 91.7 Å². The first-order valence-electron chi connectivity index (χ1n) is 13.4. The van der Waals surface area contributed by atoms with Crippen molar-refractivity contribution < 1.29 is 19.4 Å². The van der Waals surface area contributed by atoms with Crippen molar-refractivity contribution in [2.24, 2.45) is 23.2 Å². The zero-order valence-corrected chi connectivity index (χ0v) is 22.5. The van der Waals surface area contributed by atoms with Crippen molar-refractivity contribution in [3.8, 4) is 0 Å². The molecule has 2 bridgehead atoms. The fraction of sp³-hybridized carbons (Fsp3) is 0.613. The minimum Gasteiger partial charge on any atom is -0.478 e. The summed E-state index contributed by atoms with van der Waals surface area (Å²) in [6.07, 6.45) is 13.1. The monoisotopic (exact) mass is 480 g/mol. The fourth-order valence-corrected chi connectivity index (χ4v) is 6.57. The molecule has 0 amide bonds. The summed E-state index contributed by atoms with van der Waals surface area (Å²) in [5.41, 5.74) is 3.65. The molecule has 1 fully saturated rings. The highest BCUT2D eigenvalue weighted by molar-refractivity contribution is 5.90. The van der Waals surface area contributed by atoms with Gasteiger partial charge in [-0.15, -0.1) is 0 Å². The molecule has 192 valence electrons. The summed E-state index contributed by atoms with van der Waals surface area (Å²) in [5, 5.41) is 10.2. The van der Waals surface area contributed by atoms with Crippen molar-refractivity contribution in [2.45, 2.75) is 98.5 Å². The highest BCUT2D eigenvalue weighted by Gasteiger charge is 2.48. The SMILES string of the molecule is CC(=O)O[C@H]1CCC(C)=CCC[C@@]2(C)C(CC[C@@H]2[C@@H](C)/C=C/C(C)C)c2ccc(cc2C(=O)O)C1. The second-order valence-corrected chi connectivity index (χ2v) is 11.5. The molecule has 0 aromatic heterocycles. The summed E-state index contributed by atoms with van der Waals surface area (Å²) in [4.78, 5) is 24.1. The number of carboxylic acid groups (broad SMARTS) is 1. The lowest BCUT2D eigenvalue weighted by molar-refractivity contribution is -0.146. The fourth-order valence-electron chi connectivity index (χ4n) is 6.57. The molecular formula is C31H44O4. The molecule has 4 nitrogen and oxygen atoms in total. The number of ether oxygens (including phenoxy) is 1. The number of carboxylic acids is 1. The van der Waals surface area contributed by atoms with E-state index >= 15 is 0 Å².